The standard InChI is InChI=1S/C11H13N3OS/c15-8-1-4-14(5-2-8)11-12-7-10-9(13-11)3-6-16-10/h3,6-8,15H,1-2,4-5H2. The maximum atomic E-state index is 9.45. The maximum Gasteiger partial charge on any atom is 0.225 e. The van der Waals surface area contributed by atoms with Gasteiger partial charge < -0.3 is 10.0 Å². The van der Waals surface area contributed by atoms with Crippen LogP contribution in [-0.2, 0) is 0 Å². The summed E-state index contributed by atoms with van der Waals surface area (Å²) < 4.78 is 1.13. The number of aromatic nitrogens is 2. The highest BCUT2D eigenvalue weighted by Gasteiger charge is 2.19. The first-order valence-electron chi connectivity index (χ1n) is 5.46. The summed E-state index contributed by atoms with van der Waals surface area (Å²) in [5.74, 6) is 0.790. The van der Waals surface area contributed by atoms with Crippen molar-refractivity contribution in [1.82, 2.24) is 9.97 Å². The molecule has 0 radical (unpaired) electrons. The van der Waals surface area contributed by atoms with Gasteiger partial charge in [0.15, 0.2) is 0 Å². The van der Waals surface area contributed by atoms with Crippen molar-refractivity contribution in [3.8, 4) is 0 Å². The summed E-state index contributed by atoms with van der Waals surface area (Å²) in [4.78, 5) is 11.0. The Labute approximate surface area is 97.6 Å². The van der Waals surface area contributed by atoms with E-state index in [0.717, 1.165) is 42.1 Å². The lowest BCUT2D eigenvalue weighted by Crippen LogP contribution is -2.36. The lowest BCUT2D eigenvalue weighted by atomic mass is 10.1. The molecule has 4 nitrogen and oxygen atoms in total. The Hall–Kier alpha value is -1.20. The number of aliphatic hydroxyl groups excluding tert-OH is 1. The molecule has 0 amide bonds. The van der Waals surface area contributed by atoms with E-state index in [9.17, 15) is 5.11 Å². The summed E-state index contributed by atoms with van der Waals surface area (Å²) in [5.41, 5.74) is 1.01. The molecule has 3 heterocycles. The number of hydrogen-bond donors (Lipinski definition) is 1. The van der Waals surface area contributed by atoms with Gasteiger partial charge in [0.2, 0.25) is 5.95 Å². The Balaban J connectivity index is 1.87. The molecular weight excluding hydrogens is 222 g/mol. The van der Waals surface area contributed by atoms with Crippen molar-refractivity contribution in [2.75, 3.05) is 18.0 Å². The quantitative estimate of drug-likeness (QED) is 0.816. The zero-order valence-corrected chi connectivity index (χ0v) is 9.65. The van der Waals surface area contributed by atoms with Crippen LogP contribution in [0, 0.1) is 0 Å². The Morgan fingerprint density at radius 3 is 3.00 bits per heavy atom. The molecule has 5 heteroatoms. The van der Waals surface area contributed by atoms with E-state index < -0.39 is 0 Å². The van der Waals surface area contributed by atoms with Crippen LogP contribution < -0.4 is 4.90 Å². The number of piperidine rings is 1. The zero-order valence-electron chi connectivity index (χ0n) is 8.83. The van der Waals surface area contributed by atoms with E-state index >= 15 is 0 Å². The number of thiophene rings is 1. The first-order valence-corrected chi connectivity index (χ1v) is 6.34. The van der Waals surface area contributed by atoms with E-state index in [2.05, 4.69) is 14.9 Å². The molecular formula is C11H13N3OS. The Morgan fingerprint density at radius 1 is 1.38 bits per heavy atom. The Kier molecular flexibility index (Phi) is 2.49. The van der Waals surface area contributed by atoms with Gasteiger partial charge >= 0.3 is 0 Å². The van der Waals surface area contributed by atoms with Crippen molar-refractivity contribution in [1.29, 1.82) is 0 Å². The Morgan fingerprint density at radius 2 is 2.19 bits per heavy atom. The molecule has 0 atom stereocenters. The normalized spacial score (nSPS) is 18.2. The van der Waals surface area contributed by atoms with Crippen molar-refractivity contribution in [2.24, 2.45) is 0 Å². The second-order valence-corrected chi connectivity index (χ2v) is 5.01. The molecule has 0 saturated carbocycles. The number of rotatable bonds is 1. The molecule has 0 spiro atoms. The monoisotopic (exact) mass is 235 g/mol. The van der Waals surface area contributed by atoms with Crippen molar-refractivity contribution in [2.45, 2.75) is 18.9 Å². The van der Waals surface area contributed by atoms with E-state index in [1.165, 1.54) is 0 Å². The van der Waals surface area contributed by atoms with Gasteiger partial charge in [-0.3, -0.25) is 0 Å². The summed E-state index contributed by atoms with van der Waals surface area (Å²) in [7, 11) is 0. The lowest BCUT2D eigenvalue weighted by Gasteiger charge is -2.29. The van der Waals surface area contributed by atoms with Gasteiger partial charge in [0.05, 0.1) is 22.5 Å². The first-order chi connectivity index (χ1) is 7.83. The fraction of sp³-hybridized carbons (Fsp3) is 0.455. The van der Waals surface area contributed by atoms with Gasteiger partial charge in [0, 0.05) is 13.1 Å². The first kappa shape index (κ1) is 9.99. The minimum absolute atomic E-state index is 0.152. The van der Waals surface area contributed by atoms with Crippen LogP contribution in [0.4, 0.5) is 5.95 Å². The maximum absolute atomic E-state index is 9.45. The lowest BCUT2D eigenvalue weighted by molar-refractivity contribution is 0.145. The van der Waals surface area contributed by atoms with Crippen molar-refractivity contribution < 1.29 is 5.11 Å². The predicted molar refractivity (Wildman–Crippen MR) is 64.9 cm³/mol. The fourth-order valence-electron chi connectivity index (χ4n) is 1.97. The molecule has 2 aromatic rings. The van der Waals surface area contributed by atoms with Crippen LogP contribution in [0.3, 0.4) is 0 Å². The molecule has 1 aliphatic rings. The molecule has 1 saturated heterocycles. The molecule has 1 aliphatic heterocycles. The number of nitrogens with zero attached hydrogens (tertiary/aromatic N) is 3. The summed E-state index contributed by atoms with van der Waals surface area (Å²) in [6.07, 6.45) is 3.35. The van der Waals surface area contributed by atoms with Gasteiger partial charge in [-0.2, -0.15) is 0 Å². The summed E-state index contributed by atoms with van der Waals surface area (Å²) in [6, 6.07) is 2.02. The van der Waals surface area contributed by atoms with Crippen molar-refractivity contribution in [3.05, 3.63) is 17.6 Å². The third kappa shape index (κ3) is 1.76. The van der Waals surface area contributed by atoms with Crippen LogP contribution in [0.25, 0.3) is 10.2 Å². The molecule has 0 aromatic carbocycles. The van der Waals surface area contributed by atoms with Gasteiger partial charge in [-0.1, -0.05) is 0 Å². The average Bonchev–Trinajstić information content (AvgIpc) is 2.77. The van der Waals surface area contributed by atoms with Crippen molar-refractivity contribution in [3.63, 3.8) is 0 Å². The zero-order chi connectivity index (χ0) is 11.0. The molecule has 1 N–H and O–H groups in total. The summed E-state index contributed by atoms with van der Waals surface area (Å²) in [6.45, 7) is 1.69. The molecule has 1 fully saturated rings. The van der Waals surface area contributed by atoms with Crippen molar-refractivity contribution >= 4 is 27.5 Å². The second kappa shape index (κ2) is 3.99. The second-order valence-electron chi connectivity index (χ2n) is 4.06. The molecule has 84 valence electrons. The van der Waals surface area contributed by atoms with E-state index in [-0.39, 0.29) is 6.10 Å². The number of anilines is 1. The highest BCUT2D eigenvalue weighted by molar-refractivity contribution is 7.17. The van der Waals surface area contributed by atoms with Gasteiger partial charge in [0.1, 0.15) is 0 Å². The van der Waals surface area contributed by atoms with Crippen LogP contribution in [0.1, 0.15) is 12.8 Å². The fourth-order valence-corrected chi connectivity index (χ4v) is 2.67. The van der Waals surface area contributed by atoms with Gasteiger partial charge in [0.25, 0.3) is 0 Å². The highest BCUT2D eigenvalue weighted by atomic mass is 32.1. The van der Waals surface area contributed by atoms with Gasteiger partial charge in [-0.15, -0.1) is 11.3 Å². The largest absolute Gasteiger partial charge is 0.393 e. The third-order valence-electron chi connectivity index (χ3n) is 2.94. The SMILES string of the molecule is OC1CCN(c2ncc3sccc3n2)CC1. The van der Waals surface area contributed by atoms with Gasteiger partial charge in [-0.05, 0) is 24.3 Å². The van der Waals surface area contributed by atoms with Crippen LogP contribution >= 0.6 is 11.3 Å². The molecule has 3 rings (SSSR count). The van der Waals surface area contributed by atoms with Crippen LogP contribution in [0.2, 0.25) is 0 Å². The minimum Gasteiger partial charge on any atom is -0.393 e. The van der Waals surface area contributed by atoms with E-state index in [4.69, 9.17) is 0 Å². The van der Waals surface area contributed by atoms with Crippen LogP contribution in [-0.4, -0.2) is 34.3 Å². The minimum atomic E-state index is -0.152. The average molecular weight is 235 g/mol. The smallest absolute Gasteiger partial charge is 0.225 e. The molecule has 16 heavy (non-hydrogen) atoms. The highest BCUT2D eigenvalue weighted by Crippen LogP contribution is 2.22. The van der Waals surface area contributed by atoms with Gasteiger partial charge in [-0.25, -0.2) is 9.97 Å². The third-order valence-corrected chi connectivity index (χ3v) is 3.78. The summed E-state index contributed by atoms with van der Waals surface area (Å²) >= 11 is 1.66. The van der Waals surface area contributed by atoms with Crippen LogP contribution in [0.15, 0.2) is 17.6 Å². The number of hydrogen-bond acceptors (Lipinski definition) is 5. The number of aliphatic hydroxyl groups is 1. The Bertz CT molecular complexity index is 491. The molecule has 2 aromatic heterocycles. The topological polar surface area (TPSA) is 49.2 Å². The predicted octanol–water partition coefficient (Wildman–Crippen LogP) is 1.65. The van der Waals surface area contributed by atoms with E-state index in [0.29, 0.717) is 0 Å². The van der Waals surface area contributed by atoms with E-state index in [1.807, 2.05) is 17.6 Å². The molecule has 0 unspecified atom stereocenters. The summed E-state index contributed by atoms with van der Waals surface area (Å²) in [5, 5.41) is 11.5. The molecule has 0 aliphatic carbocycles. The number of fused-ring (bicyclic) bond motifs is 1. The molecule has 0 bridgehead atoms. The van der Waals surface area contributed by atoms with Crippen LogP contribution in [0.5, 0.6) is 0 Å². The van der Waals surface area contributed by atoms with E-state index in [1.54, 1.807) is 11.3 Å².